The average Bonchev–Trinajstić information content (AvgIpc) is 2.16. The van der Waals surface area contributed by atoms with Gasteiger partial charge in [-0.3, -0.25) is 4.79 Å². The van der Waals surface area contributed by atoms with Crippen molar-refractivity contribution in [2.75, 3.05) is 7.11 Å². The summed E-state index contributed by atoms with van der Waals surface area (Å²) < 4.78 is 4.69. The molecule has 0 heterocycles. The van der Waals surface area contributed by atoms with Gasteiger partial charge in [0.2, 0.25) is 0 Å². The van der Waals surface area contributed by atoms with Crippen molar-refractivity contribution in [1.29, 1.82) is 0 Å². The van der Waals surface area contributed by atoms with Crippen molar-refractivity contribution in [3.8, 4) is 0 Å². The fraction of sp³-hybridized carbons (Fsp3) is 0.909. The maximum atomic E-state index is 11.2. The first-order chi connectivity index (χ1) is 6.50. The van der Waals surface area contributed by atoms with Crippen LogP contribution in [0, 0.1) is 5.41 Å². The SMILES string of the molecule is CCCC(C)(CC(=O)OC)C(N)CC. The number of hydrogen-bond donors (Lipinski definition) is 1. The van der Waals surface area contributed by atoms with E-state index in [1.807, 2.05) is 0 Å². The van der Waals surface area contributed by atoms with Crippen LogP contribution in [0.15, 0.2) is 0 Å². The zero-order valence-electron chi connectivity index (χ0n) is 9.80. The number of esters is 1. The molecule has 0 aromatic heterocycles. The molecule has 0 aromatic rings. The molecule has 0 spiro atoms. The first-order valence-electron chi connectivity index (χ1n) is 5.32. The molecule has 0 amide bonds. The van der Waals surface area contributed by atoms with Crippen molar-refractivity contribution in [2.45, 2.75) is 52.5 Å². The van der Waals surface area contributed by atoms with Gasteiger partial charge in [0.1, 0.15) is 0 Å². The fourth-order valence-corrected chi connectivity index (χ4v) is 1.87. The van der Waals surface area contributed by atoms with Crippen molar-refractivity contribution >= 4 is 5.97 Å². The standard InChI is InChI=1S/C11H23NO2/c1-5-7-11(3,9(12)6-2)8-10(13)14-4/h9H,5-8,12H2,1-4H3. The van der Waals surface area contributed by atoms with E-state index in [2.05, 4.69) is 20.8 Å². The van der Waals surface area contributed by atoms with E-state index in [4.69, 9.17) is 10.5 Å². The lowest BCUT2D eigenvalue weighted by Gasteiger charge is -2.33. The summed E-state index contributed by atoms with van der Waals surface area (Å²) in [5.41, 5.74) is 5.92. The lowest BCUT2D eigenvalue weighted by Crippen LogP contribution is -2.40. The molecule has 0 aliphatic rings. The molecule has 0 bridgehead atoms. The first kappa shape index (κ1) is 13.4. The number of nitrogens with two attached hydrogens (primary N) is 1. The van der Waals surface area contributed by atoms with Crippen LogP contribution in [0.5, 0.6) is 0 Å². The third-order valence-corrected chi connectivity index (χ3v) is 2.93. The zero-order chi connectivity index (χ0) is 11.2. The van der Waals surface area contributed by atoms with Gasteiger partial charge in [-0.1, -0.05) is 27.2 Å². The minimum Gasteiger partial charge on any atom is -0.469 e. The van der Waals surface area contributed by atoms with Gasteiger partial charge in [0.25, 0.3) is 0 Å². The van der Waals surface area contributed by atoms with E-state index in [1.54, 1.807) is 0 Å². The summed E-state index contributed by atoms with van der Waals surface area (Å²) >= 11 is 0. The Balaban J connectivity index is 4.45. The topological polar surface area (TPSA) is 52.3 Å². The monoisotopic (exact) mass is 201 g/mol. The van der Waals surface area contributed by atoms with Crippen LogP contribution in [-0.2, 0) is 9.53 Å². The quantitative estimate of drug-likeness (QED) is 0.669. The van der Waals surface area contributed by atoms with E-state index in [9.17, 15) is 4.79 Å². The van der Waals surface area contributed by atoms with Crippen LogP contribution in [0.3, 0.4) is 0 Å². The van der Waals surface area contributed by atoms with Crippen LogP contribution < -0.4 is 5.73 Å². The van der Waals surface area contributed by atoms with Crippen LogP contribution >= 0.6 is 0 Å². The smallest absolute Gasteiger partial charge is 0.306 e. The number of ether oxygens (including phenoxy) is 1. The third-order valence-electron chi connectivity index (χ3n) is 2.93. The summed E-state index contributed by atoms with van der Waals surface area (Å²) in [5.74, 6) is -0.162. The van der Waals surface area contributed by atoms with Crippen molar-refractivity contribution in [1.82, 2.24) is 0 Å². The molecule has 2 N–H and O–H groups in total. The first-order valence-corrected chi connectivity index (χ1v) is 5.32. The minimum absolute atomic E-state index is 0.0709. The number of carbonyl (C=O) groups is 1. The molecule has 2 atom stereocenters. The van der Waals surface area contributed by atoms with Gasteiger partial charge in [-0.15, -0.1) is 0 Å². The lowest BCUT2D eigenvalue weighted by molar-refractivity contribution is -0.143. The van der Waals surface area contributed by atoms with E-state index >= 15 is 0 Å². The van der Waals surface area contributed by atoms with Gasteiger partial charge in [-0.2, -0.15) is 0 Å². The second-order valence-electron chi connectivity index (χ2n) is 4.17. The van der Waals surface area contributed by atoms with Crippen molar-refractivity contribution in [2.24, 2.45) is 11.1 Å². The summed E-state index contributed by atoms with van der Waals surface area (Å²) in [5, 5.41) is 0. The third kappa shape index (κ3) is 3.66. The highest BCUT2D eigenvalue weighted by Crippen LogP contribution is 2.32. The maximum absolute atomic E-state index is 11.2. The van der Waals surface area contributed by atoms with Crippen LogP contribution in [-0.4, -0.2) is 19.1 Å². The second-order valence-corrected chi connectivity index (χ2v) is 4.17. The molecule has 0 saturated heterocycles. The molecule has 14 heavy (non-hydrogen) atoms. The average molecular weight is 201 g/mol. The lowest BCUT2D eigenvalue weighted by atomic mass is 9.75. The van der Waals surface area contributed by atoms with Crippen molar-refractivity contribution in [3.05, 3.63) is 0 Å². The molecule has 0 radical (unpaired) electrons. The molecular formula is C11H23NO2. The Bertz CT molecular complexity index is 182. The van der Waals surface area contributed by atoms with Crippen LogP contribution in [0.2, 0.25) is 0 Å². The van der Waals surface area contributed by atoms with Gasteiger partial charge in [-0.05, 0) is 18.3 Å². The molecule has 0 aliphatic carbocycles. The summed E-state index contributed by atoms with van der Waals surface area (Å²) in [6.45, 7) is 6.23. The second kappa shape index (κ2) is 6.02. The Kier molecular flexibility index (Phi) is 5.77. The highest BCUT2D eigenvalue weighted by atomic mass is 16.5. The maximum Gasteiger partial charge on any atom is 0.306 e. The number of methoxy groups -OCH3 is 1. The predicted octanol–water partition coefficient (Wildman–Crippen LogP) is 2.09. The van der Waals surface area contributed by atoms with Gasteiger partial charge < -0.3 is 10.5 Å². The molecule has 0 rings (SSSR count). The van der Waals surface area contributed by atoms with Gasteiger partial charge >= 0.3 is 5.97 Å². The minimum atomic E-state index is -0.162. The predicted molar refractivity (Wildman–Crippen MR) is 57.9 cm³/mol. The van der Waals surface area contributed by atoms with Gasteiger partial charge in [-0.25, -0.2) is 0 Å². The molecule has 3 nitrogen and oxygen atoms in total. The fourth-order valence-electron chi connectivity index (χ4n) is 1.87. The summed E-state index contributed by atoms with van der Waals surface area (Å²) in [7, 11) is 1.42. The van der Waals surface area contributed by atoms with Crippen LogP contribution in [0.4, 0.5) is 0 Å². The van der Waals surface area contributed by atoms with Crippen LogP contribution in [0.1, 0.15) is 46.5 Å². The van der Waals surface area contributed by atoms with E-state index in [0.717, 1.165) is 19.3 Å². The summed E-state index contributed by atoms with van der Waals surface area (Å²) in [6, 6.07) is 0.0709. The molecule has 84 valence electrons. The highest BCUT2D eigenvalue weighted by Gasteiger charge is 2.32. The number of hydrogen-bond acceptors (Lipinski definition) is 3. The molecule has 0 aliphatic heterocycles. The van der Waals surface area contributed by atoms with Gasteiger partial charge in [0, 0.05) is 6.04 Å². The Morgan fingerprint density at radius 1 is 1.50 bits per heavy atom. The van der Waals surface area contributed by atoms with E-state index < -0.39 is 0 Å². The van der Waals surface area contributed by atoms with Crippen LogP contribution in [0.25, 0.3) is 0 Å². The van der Waals surface area contributed by atoms with Gasteiger partial charge in [0.15, 0.2) is 0 Å². The molecule has 3 heteroatoms. The Labute approximate surface area is 87.0 Å². The number of carbonyl (C=O) groups excluding carboxylic acids is 1. The Hall–Kier alpha value is -0.570. The largest absolute Gasteiger partial charge is 0.469 e. The number of rotatable bonds is 6. The van der Waals surface area contributed by atoms with E-state index in [1.165, 1.54) is 7.11 Å². The van der Waals surface area contributed by atoms with Crippen molar-refractivity contribution < 1.29 is 9.53 Å². The molecule has 0 fully saturated rings. The van der Waals surface area contributed by atoms with Crippen molar-refractivity contribution in [3.63, 3.8) is 0 Å². The van der Waals surface area contributed by atoms with E-state index in [0.29, 0.717) is 6.42 Å². The zero-order valence-corrected chi connectivity index (χ0v) is 9.80. The molecule has 2 unspecified atom stereocenters. The summed E-state index contributed by atoms with van der Waals surface area (Å²) in [4.78, 5) is 11.2. The highest BCUT2D eigenvalue weighted by molar-refractivity contribution is 5.70. The molecule has 0 saturated carbocycles. The Morgan fingerprint density at radius 3 is 2.43 bits per heavy atom. The van der Waals surface area contributed by atoms with Gasteiger partial charge in [0.05, 0.1) is 13.5 Å². The normalized spacial score (nSPS) is 17.2. The van der Waals surface area contributed by atoms with E-state index in [-0.39, 0.29) is 17.4 Å². The molecule has 0 aromatic carbocycles. The Morgan fingerprint density at radius 2 is 2.07 bits per heavy atom. The summed E-state index contributed by atoms with van der Waals surface area (Å²) in [6.07, 6.45) is 3.33. The molecular weight excluding hydrogens is 178 g/mol.